The third-order valence-corrected chi connectivity index (χ3v) is 11.2. The minimum atomic E-state index is 0.939. The Hall–Kier alpha value is -6.97. The van der Waals surface area contributed by atoms with Crippen LogP contribution in [0.4, 0.5) is 0 Å². The maximum absolute atomic E-state index is 5.47. The van der Waals surface area contributed by atoms with Crippen molar-refractivity contribution in [1.82, 2.24) is 14.1 Å². The van der Waals surface area contributed by atoms with E-state index in [1.807, 2.05) is 0 Å². The van der Waals surface area contributed by atoms with Crippen molar-refractivity contribution in [3.05, 3.63) is 176 Å². The fraction of sp³-hybridized carbons (Fsp3) is 0. The second-order valence-corrected chi connectivity index (χ2v) is 13.9. The van der Waals surface area contributed by atoms with E-state index < -0.39 is 0 Å². The van der Waals surface area contributed by atoms with Gasteiger partial charge < -0.3 is 4.57 Å². The third kappa shape index (κ3) is 3.72. The minimum Gasteiger partial charge on any atom is -0.309 e. The molecule has 3 nitrogen and oxygen atoms in total. The molecule has 0 radical (unpaired) electrons. The van der Waals surface area contributed by atoms with Crippen LogP contribution in [-0.4, -0.2) is 14.1 Å². The first kappa shape index (κ1) is 27.8. The average Bonchev–Trinajstić information content (AvgIpc) is 3.84. The van der Waals surface area contributed by atoms with Gasteiger partial charge in [0.25, 0.3) is 0 Å². The number of benzene rings is 8. The van der Waals surface area contributed by atoms with Gasteiger partial charge in [-0.15, -0.1) is 0 Å². The fourth-order valence-corrected chi connectivity index (χ4v) is 8.98. The highest BCUT2D eigenvalue weighted by Gasteiger charge is 2.25. The van der Waals surface area contributed by atoms with Gasteiger partial charge in [-0.05, 0) is 93.0 Å². The van der Waals surface area contributed by atoms with Crippen LogP contribution in [0.15, 0.2) is 176 Å². The fourth-order valence-electron chi connectivity index (χ4n) is 8.98. The Kier molecular flexibility index (Phi) is 5.50. The molecule has 3 heteroatoms. The highest BCUT2D eigenvalue weighted by Crippen LogP contribution is 2.47. The molecule has 52 heavy (non-hydrogen) atoms. The van der Waals surface area contributed by atoms with Crippen LogP contribution in [-0.2, 0) is 0 Å². The van der Waals surface area contributed by atoms with E-state index in [4.69, 9.17) is 4.98 Å². The van der Waals surface area contributed by atoms with Gasteiger partial charge in [0.15, 0.2) is 0 Å². The SMILES string of the molecule is c1ccc(-n2c3ccccc3c3cc(-c4ccc5c(c4)c4c6ccccc6ccc4n5-c4cc5cccc6c5c(n4)-c4ccccc4-6)ccc32)cc1. The van der Waals surface area contributed by atoms with E-state index in [-0.39, 0.29) is 0 Å². The summed E-state index contributed by atoms with van der Waals surface area (Å²) in [4.78, 5) is 5.47. The lowest BCUT2D eigenvalue weighted by atomic mass is 9.99. The molecule has 3 heterocycles. The van der Waals surface area contributed by atoms with Gasteiger partial charge in [0.2, 0.25) is 0 Å². The number of rotatable bonds is 3. The zero-order chi connectivity index (χ0) is 33.9. The Morgan fingerprint density at radius 3 is 1.85 bits per heavy atom. The summed E-state index contributed by atoms with van der Waals surface area (Å²) in [5.74, 6) is 0.939. The highest BCUT2D eigenvalue weighted by molar-refractivity contribution is 6.22. The van der Waals surface area contributed by atoms with Gasteiger partial charge in [-0.2, -0.15) is 0 Å². The van der Waals surface area contributed by atoms with Gasteiger partial charge in [-0.25, -0.2) is 4.98 Å². The molecule has 11 aromatic rings. The van der Waals surface area contributed by atoms with Crippen molar-refractivity contribution < 1.29 is 0 Å². The van der Waals surface area contributed by atoms with Crippen molar-refractivity contribution >= 4 is 65.2 Å². The lowest BCUT2D eigenvalue weighted by Gasteiger charge is -2.11. The largest absolute Gasteiger partial charge is 0.309 e. The summed E-state index contributed by atoms with van der Waals surface area (Å²) in [6.45, 7) is 0. The average molecular weight is 660 g/mol. The molecule has 3 aromatic heterocycles. The van der Waals surface area contributed by atoms with Gasteiger partial charge in [-0.3, -0.25) is 4.57 Å². The van der Waals surface area contributed by atoms with Crippen LogP contribution >= 0.6 is 0 Å². The van der Waals surface area contributed by atoms with Crippen LogP contribution in [0.1, 0.15) is 0 Å². The normalized spacial score (nSPS) is 12.2. The quantitative estimate of drug-likeness (QED) is 0.185. The standard InChI is InChI=1S/C49H29N3/c1-2-13-34(14-3-1)51-42-20-9-8-17-37(42)40-27-31(22-24-43(40)51)32-23-25-44-41(28-32)48-35-15-5-4-11-30(35)21-26-45(48)52(44)46-29-33-12-10-19-38-36-16-6-7-18-39(36)49(50-46)47(33)38/h1-29H. The molecule has 0 amide bonds. The monoisotopic (exact) mass is 659 g/mol. The van der Waals surface area contributed by atoms with Crippen molar-refractivity contribution in [1.29, 1.82) is 0 Å². The number of nitrogens with zero attached hydrogens (tertiary/aromatic N) is 3. The van der Waals surface area contributed by atoms with Crippen molar-refractivity contribution in [3.8, 4) is 45.0 Å². The zero-order valence-corrected chi connectivity index (χ0v) is 28.1. The molecular formula is C49H29N3. The van der Waals surface area contributed by atoms with Crippen LogP contribution in [0, 0.1) is 0 Å². The Labute approximate surface area is 299 Å². The summed E-state index contributed by atoms with van der Waals surface area (Å²) in [6.07, 6.45) is 0. The summed E-state index contributed by atoms with van der Waals surface area (Å²) in [5.41, 5.74) is 13.1. The summed E-state index contributed by atoms with van der Waals surface area (Å²) in [5, 5.41) is 9.93. The maximum Gasteiger partial charge on any atom is 0.138 e. The predicted octanol–water partition coefficient (Wildman–Crippen LogP) is 12.9. The van der Waals surface area contributed by atoms with Gasteiger partial charge in [0.1, 0.15) is 5.82 Å². The lowest BCUT2D eigenvalue weighted by molar-refractivity contribution is 1.09. The van der Waals surface area contributed by atoms with Crippen LogP contribution in [0.2, 0.25) is 0 Å². The highest BCUT2D eigenvalue weighted by atomic mass is 15.1. The van der Waals surface area contributed by atoms with E-state index in [9.17, 15) is 0 Å². The van der Waals surface area contributed by atoms with E-state index in [1.54, 1.807) is 0 Å². The number of pyridine rings is 1. The van der Waals surface area contributed by atoms with Crippen LogP contribution < -0.4 is 0 Å². The first-order valence-corrected chi connectivity index (χ1v) is 17.9. The molecule has 0 atom stereocenters. The molecule has 240 valence electrons. The van der Waals surface area contributed by atoms with E-state index in [0.29, 0.717) is 0 Å². The van der Waals surface area contributed by atoms with Crippen LogP contribution in [0.5, 0.6) is 0 Å². The molecular weight excluding hydrogens is 631 g/mol. The molecule has 0 unspecified atom stereocenters. The molecule has 0 aliphatic heterocycles. The van der Waals surface area contributed by atoms with Crippen LogP contribution in [0.25, 0.3) is 110 Å². The van der Waals surface area contributed by atoms with Gasteiger partial charge in [-0.1, -0.05) is 121 Å². The summed E-state index contributed by atoms with van der Waals surface area (Å²) >= 11 is 0. The second kappa shape index (κ2) is 10.3. The lowest BCUT2D eigenvalue weighted by Crippen LogP contribution is -1.99. The Bertz CT molecular complexity index is 3290. The molecule has 1 aliphatic rings. The van der Waals surface area contributed by atoms with Crippen molar-refractivity contribution in [2.75, 3.05) is 0 Å². The Balaban J connectivity index is 1.12. The van der Waals surface area contributed by atoms with E-state index >= 15 is 0 Å². The molecule has 0 saturated carbocycles. The molecule has 0 N–H and O–H groups in total. The predicted molar refractivity (Wildman–Crippen MR) is 218 cm³/mol. The summed E-state index contributed by atoms with van der Waals surface area (Å²) in [6, 6.07) is 64.2. The number of fused-ring (bicyclic) bond motifs is 11. The molecule has 0 saturated heterocycles. The number of hydrogen-bond donors (Lipinski definition) is 0. The number of para-hydroxylation sites is 2. The second-order valence-electron chi connectivity index (χ2n) is 13.9. The first-order valence-electron chi connectivity index (χ1n) is 17.9. The van der Waals surface area contributed by atoms with Gasteiger partial charge in [0, 0.05) is 38.2 Å². The number of hydrogen-bond acceptors (Lipinski definition) is 1. The number of aromatic nitrogens is 3. The third-order valence-electron chi connectivity index (χ3n) is 11.2. The molecule has 8 aromatic carbocycles. The van der Waals surface area contributed by atoms with Crippen molar-refractivity contribution in [3.63, 3.8) is 0 Å². The molecule has 12 rings (SSSR count). The maximum atomic E-state index is 5.47. The van der Waals surface area contributed by atoms with Gasteiger partial charge in [0.05, 0.1) is 27.8 Å². The summed E-state index contributed by atoms with van der Waals surface area (Å²) < 4.78 is 4.75. The molecule has 1 aliphatic carbocycles. The van der Waals surface area contributed by atoms with Crippen molar-refractivity contribution in [2.24, 2.45) is 0 Å². The Morgan fingerprint density at radius 1 is 0.346 bits per heavy atom. The van der Waals surface area contributed by atoms with E-state index in [0.717, 1.165) is 22.5 Å². The minimum absolute atomic E-state index is 0.939. The zero-order valence-electron chi connectivity index (χ0n) is 28.1. The van der Waals surface area contributed by atoms with Crippen LogP contribution in [0.3, 0.4) is 0 Å². The first-order chi connectivity index (χ1) is 25.8. The van der Waals surface area contributed by atoms with Gasteiger partial charge >= 0.3 is 0 Å². The van der Waals surface area contributed by atoms with E-state index in [2.05, 4.69) is 185 Å². The smallest absolute Gasteiger partial charge is 0.138 e. The molecule has 0 spiro atoms. The summed E-state index contributed by atoms with van der Waals surface area (Å²) in [7, 11) is 0. The molecule has 0 bridgehead atoms. The van der Waals surface area contributed by atoms with E-state index in [1.165, 1.54) is 87.6 Å². The Morgan fingerprint density at radius 2 is 0.981 bits per heavy atom. The van der Waals surface area contributed by atoms with Crippen molar-refractivity contribution in [2.45, 2.75) is 0 Å². The topological polar surface area (TPSA) is 22.8 Å². The molecule has 0 fully saturated rings.